The lowest BCUT2D eigenvalue weighted by Crippen LogP contribution is -2.21. The third-order valence-electron chi connectivity index (χ3n) is 3.03. The maximum absolute atomic E-state index is 11.8. The summed E-state index contributed by atoms with van der Waals surface area (Å²) >= 11 is 0. The van der Waals surface area contributed by atoms with Gasteiger partial charge in [0.25, 0.3) is 5.56 Å². The van der Waals surface area contributed by atoms with Crippen LogP contribution < -0.4 is 5.56 Å². The fourth-order valence-electron chi connectivity index (χ4n) is 1.99. The van der Waals surface area contributed by atoms with Gasteiger partial charge >= 0.3 is 0 Å². The Morgan fingerprint density at radius 1 is 1.05 bits per heavy atom. The molecule has 0 aliphatic carbocycles. The number of hydrogen-bond acceptors (Lipinski definition) is 3. The normalized spacial score (nSPS) is 11.0. The molecule has 2 heterocycles. The van der Waals surface area contributed by atoms with Gasteiger partial charge in [-0.25, -0.2) is 4.68 Å². The van der Waals surface area contributed by atoms with Crippen molar-refractivity contribution in [2.75, 3.05) is 0 Å². The summed E-state index contributed by atoms with van der Waals surface area (Å²) in [6.45, 7) is 0.419. The SMILES string of the molecule is O=c1ccc(-c2ccco2)nn1C/C=C/c1ccccc1. The van der Waals surface area contributed by atoms with Crippen molar-refractivity contribution in [1.29, 1.82) is 0 Å². The van der Waals surface area contributed by atoms with E-state index in [4.69, 9.17) is 4.42 Å². The maximum atomic E-state index is 11.8. The molecule has 21 heavy (non-hydrogen) atoms. The van der Waals surface area contributed by atoms with E-state index < -0.39 is 0 Å². The second-order valence-electron chi connectivity index (χ2n) is 4.53. The Morgan fingerprint density at radius 2 is 1.90 bits per heavy atom. The zero-order valence-electron chi connectivity index (χ0n) is 11.3. The number of rotatable bonds is 4. The van der Waals surface area contributed by atoms with Crippen LogP contribution in [-0.2, 0) is 6.54 Å². The topological polar surface area (TPSA) is 48.0 Å². The van der Waals surface area contributed by atoms with E-state index in [1.807, 2.05) is 48.6 Å². The third-order valence-corrected chi connectivity index (χ3v) is 3.03. The average molecular weight is 278 g/mol. The quantitative estimate of drug-likeness (QED) is 0.736. The summed E-state index contributed by atoms with van der Waals surface area (Å²) < 4.78 is 6.71. The highest BCUT2D eigenvalue weighted by Crippen LogP contribution is 2.15. The van der Waals surface area contributed by atoms with E-state index in [0.717, 1.165) is 5.56 Å². The molecule has 0 aliphatic heterocycles. The third kappa shape index (κ3) is 3.17. The van der Waals surface area contributed by atoms with Crippen LogP contribution in [0.4, 0.5) is 0 Å². The predicted molar refractivity (Wildman–Crippen MR) is 81.7 cm³/mol. The van der Waals surface area contributed by atoms with Crippen molar-refractivity contribution in [1.82, 2.24) is 9.78 Å². The Balaban J connectivity index is 1.81. The van der Waals surface area contributed by atoms with E-state index in [2.05, 4.69) is 5.10 Å². The Morgan fingerprint density at radius 3 is 2.67 bits per heavy atom. The van der Waals surface area contributed by atoms with Gasteiger partial charge in [-0.05, 0) is 23.8 Å². The number of benzene rings is 1. The molecule has 0 amide bonds. The summed E-state index contributed by atoms with van der Waals surface area (Å²) in [5.74, 6) is 0.649. The zero-order valence-corrected chi connectivity index (χ0v) is 11.3. The van der Waals surface area contributed by atoms with E-state index >= 15 is 0 Å². The number of furan rings is 1. The molecule has 0 radical (unpaired) electrons. The number of hydrogen-bond donors (Lipinski definition) is 0. The molecule has 104 valence electrons. The molecule has 0 bridgehead atoms. The van der Waals surface area contributed by atoms with Crippen molar-refractivity contribution in [3.8, 4) is 11.5 Å². The van der Waals surface area contributed by atoms with Gasteiger partial charge in [0.05, 0.1) is 12.8 Å². The van der Waals surface area contributed by atoms with Crippen molar-refractivity contribution >= 4 is 6.08 Å². The second-order valence-corrected chi connectivity index (χ2v) is 4.53. The Bertz CT molecular complexity index is 787. The first-order valence-electron chi connectivity index (χ1n) is 6.66. The van der Waals surface area contributed by atoms with E-state index in [0.29, 0.717) is 18.0 Å². The molecule has 4 nitrogen and oxygen atoms in total. The van der Waals surface area contributed by atoms with Gasteiger partial charge < -0.3 is 4.42 Å². The van der Waals surface area contributed by atoms with Crippen molar-refractivity contribution in [2.24, 2.45) is 0 Å². The lowest BCUT2D eigenvalue weighted by atomic mass is 10.2. The Kier molecular flexibility index (Phi) is 3.78. The number of allylic oxidation sites excluding steroid dienone is 1. The van der Waals surface area contributed by atoms with Gasteiger partial charge in [-0.1, -0.05) is 42.5 Å². The predicted octanol–water partition coefficient (Wildman–Crippen LogP) is 3.22. The number of nitrogens with zero attached hydrogens (tertiary/aromatic N) is 2. The molecule has 4 heteroatoms. The van der Waals surface area contributed by atoms with Crippen LogP contribution in [0.2, 0.25) is 0 Å². The fraction of sp³-hybridized carbons (Fsp3) is 0.0588. The zero-order chi connectivity index (χ0) is 14.5. The van der Waals surface area contributed by atoms with Crippen molar-refractivity contribution in [2.45, 2.75) is 6.54 Å². The van der Waals surface area contributed by atoms with Crippen LogP contribution in [0.1, 0.15) is 5.56 Å². The lowest BCUT2D eigenvalue weighted by molar-refractivity contribution is 0.570. The van der Waals surface area contributed by atoms with Crippen molar-refractivity contribution in [3.63, 3.8) is 0 Å². The molecule has 3 aromatic rings. The van der Waals surface area contributed by atoms with E-state index in [1.54, 1.807) is 18.4 Å². The monoisotopic (exact) mass is 278 g/mol. The molecule has 0 fully saturated rings. The van der Waals surface area contributed by atoms with Gasteiger partial charge in [0, 0.05) is 6.07 Å². The van der Waals surface area contributed by atoms with Crippen LogP contribution in [-0.4, -0.2) is 9.78 Å². The summed E-state index contributed by atoms with van der Waals surface area (Å²) in [6, 6.07) is 16.7. The molecule has 1 aromatic carbocycles. The number of aromatic nitrogens is 2. The minimum atomic E-state index is -0.136. The van der Waals surface area contributed by atoms with Crippen LogP contribution in [0.3, 0.4) is 0 Å². The largest absolute Gasteiger partial charge is 0.463 e. The van der Waals surface area contributed by atoms with E-state index in [9.17, 15) is 4.79 Å². The van der Waals surface area contributed by atoms with Crippen molar-refractivity contribution < 1.29 is 4.42 Å². The van der Waals surface area contributed by atoms with Crippen LogP contribution >= 0.6 is 0 Å². The molecule has 0 unspecified atom stereocenters. The first kappa shape index (κ1) is 13.1. The van der Waals surface area contributed by atoms with Crippen LogP contribution in [0.25, 0.3) is 17.5 Å². The van der Waals surface area contributed by atoms with E-state index in [1.165, 1.54) is 10.7 Å². The van der Waals surface area contributed by atoms with E-state index in [-0.39, 0.29) is 5.56 Å². The maximum Gasteiger partial charge on any atom is 0.267 e. The van der Waals surface area contributed by atoms with Crippen LogP contribution in [0, 0.1) is 0 Å². The Hall–Kier alpha value is -2.88. The first-order chi connectivity index (χ1) is 10.3. The molecule has 0 N–H and O–H groups in total. The molecular weight excluding hydrogens is 264 g/mol. The van der Waals surface area contributed by atoms with Gasteiger partial charge in [0.15, 0.2) is 5.76 Å². The molecule has 0 saturated heterocycles. The standard InChI is InChI=1S/C17H14N2O2/c20-17-11-10-15(16-9-5-13-21-16)18-19(17)12-4-8-14-6-2-1-3-7-14/h1-11,13H,12H2/b8-4+. The highest BCUT2D eigenvalue weighted by atomic mass is 16.3. The van der Waals surface area contributed by atoms with Gasteiger partial charge in [0.1, 0.15) is 5.69 Å². The highest BCUT2D eigenvalue weighted by molar-refractivity contribution is 5.50. The van der Waals surface area contributed by atoms with Gasteiger partial charge in [0.2, 0.25) is 0 Å². The highest BCUT2D eigenvalue weighted by Gasteiger charge is 2.04. The fourth-order valence-corrected chi connectivity index (χ4v) is 1.99. The molecule has 0 spiro atoms. The summed E-state index contributed by atoms with van der Waals surface area (Å²) in [5.41, 5.74) is 1.60. The summed E-state index contributed by atoms with van der Waals surface area (Å²) in [5, 5.41) is 4.31. The lowest BCUT2D eigenvalue weighted by Gasteiger charge is -2.02. The van der Waals surface area contributed by atoms with Crippen molar-refractivity contribution in [3.05, 3.63) is 82.9 Å². The van der Waals surface area contributed by atoms with Gasteiger partial charge in [-0.15, -0.1) is 0 Å². The van der Waals surface area contributed by atoms with Gasteiger partial charge in [-0.2, -0.15) is 5.10 Å². The summed E-state index contributed by atoms with van der Waals surface area (Å²) in [4.78, 5) is 11.8. The summed E-state index contributed by atoms with van der Waals surface area (Å²) in [6.07, 6.45) is 5.46. The van der Waals surface area contributed by atoms with Crippen LogP contribution in [0.15, 0.2) is 76.1 Å². The van der Waals surface area contributed by atoms with Gasteiger partial charge in [-0.3, -0.25) is 4.79 Å². The molecule has 2 aromatic heterocycles. The van der Waals surface area contributed by atoms with Crippen LogP contribution in [0.5, 0.6) is 0 Å². The average Bonchev–Trinajstić information content (AvgIpc) is 3.04. The molecular formula is C17H14N2O2. The molecule has 0 saturated carbocycles. The first-order valence-corrected chi connectivity index (χ1v) is 6.66. The minimum absolute atomic E-state index is 0.136. The smallest absolute Gasteiger partial charge is 0.267 e. The second kappa shape index (κ2) is 6.05. The summed E-state index contributed by atoms with van der Waals surface area (Å²) in [7, 11) is 0. The molecule has 0 atom stereocenters. The minimum Gasteiger partial charge on any atom is -0.463 e. The molecule has 3 rings (SSSR count). The Labute approximate surface area is 122 Å². The molecule has 0 aliphatic rings.